The van der Waals surface area contributed by atoms with E-state index in [0.29, 0.717) is 25.5 Å². The number of hydrogen-bond acceptors (Lipinski definition) is 4. The van der Waals surface area contributed by atoms with Gasteiger partial charge >= 0.3 is 0 Å². The SMILES string of the molecule is CCC(C)NC(=O)CCNC(=NC)NCc1nnc2ccccn12. The summed E-state index contributed by atoms with van der Waals surface area (Å²) >= 11 is 0. The van der Waals surface area contributed by atoms with Crippen LogP contribution < -0.4 is 16.0 Å². The van der Waals surface area contributed by atoms with Crippen molar-refractivity contribution in [3.05, 3.63) is 30.2 Å². The highest BCUT2D eigenvalue weighted by Crippen LogP contribution is 2.02. The van der Waals surface area contributed by atoms with E-state index in [2.05, 4.69) is 31.1 Å². The number of carbonyl (C=O) groups is 1. The van der Waals surface area contributed by atoms with Crippen LogP contribution in [0.2, 0.25) is 0 Å². The molecule has 0 saturated heterocycles. The fraction of sp³-hybridized carbons (Fsp3) is 0.500. The van der Waals surface area contributed by atoms with E-state index in [-0.39, 0.29) is 11.9 Å². The van der Waals surface area contributed by atoms with Gasteiger partial charge in [-0.2, -0.15) is 0 Å². The summed E-state index contributed by atoms with van der Waals surface area (Å²) in [5, 5.41) is 17.5. The van der Waals surface area contributed by atoms with Crippen molar-refractivity contribution < 1.29 is 4.79 Å². The molecular formula is C16H25N7O. The highest BCUT2D eigenvalue weighted by molar-refractivity contribution is 5.81. The van der Waals surface area contributed by atoms with Crippen molar-refractivity contribution in [3.63, 3.8) is 0 Å². The molecule has 0 spiro atoms. The number of carbonyl (C=O) groups excluding carboxylic acids is 1. The van der Waals surface area contributed by atoms with Gasteiger partial charge in [-0.05, 0) is 25.5 Å². The zero-order valence-corrected chi connectivity index (χ0v) is 14.4. The first kappa shape index (κ1) is 17.7. The third-order valence-electron chi connectivity index (χ3n) is 3.69. The van der Waals surface area contributed by atoms with Gasteiger partial charge in [0, 0.05) is 32.3 Å². The fourth-order valence-electron chi connectivity index (χ4n) is 2.14. The normalized spacial score (nSPS) is 12.9. The largest absolute Gasteiger partial charge is 0.356 e. The molecule has 2 rings (SSSR count). The Hall–Kier alpha value is -2.64. The molecule has 0 radical (unpaired) electrons. The fourth-order valence-corrected chi connectivity index (χ4v) is 2.14. The summed E-state index contributed by atoms with van der Waals surface area (Å²) in [6.07, 6.45) is 3.25. The van der Waals surface area contributed by atoms with Crippen molar-refractivity contribution in [3.8, 4) is 0 Å². The highest BCUT2D eigenvalue weighted by atomic mass is 16.1. The molecule has 2 heterocycles. The maximum Gasteiger partial charge on any atom is 0.221 e. The average molecular weight is 331 g/mol. The number of aliphatic imine (C=N–C) groups is 1. The van der Waals surface area contributed by atoms with Crippen molar-refractivity contribution in [1.82, 2.24) is 30.5 Å². The lowest BCUT2D eigenvalue weighted by Crippen LogP contribution is -2.40. The van der Waals surface area contributed by atoms with E-state index in [9.17, 15) is 4.79 Å². The van der Waals surface area contributed by atoms with Gasteiger partial charge in [0.15, 0.2) is 17.4 Å². The molecule has 8 nitrogen and oxygen atoms in total. The second-order valence-electron chi connectivity index (χ2n) is 5.52. The zero-order chi connectivity index (χ0) is 17.4. The van der Waals surface area contributed by atoms with Crippen molar-refractivity contribution in [2.24, 2.45) is 4.99 Å². The number of pyridine rings is 1. The summed E-state index contributed by atoms with van der Waals surface area (Å²) < 4.78 is 1.92. The third-order valence-corrected chi connectivity index (χ3v) is 3.69. The van der Waals surface area contributed by atoms with Gasteiger partial charge in [0.25, 0.3) is 0 Å². The summed E-state index contributed by atoms with van der Waals surface area (Å²) in [6.45, 7) is 5.05. The second-order valence-corrected chi connectivity index (χ2v) is 5.52. The summed E-state index contributed by atoms with van der Waals surface area (Å²) in [7, 11) is 1.69. The molecular weight excluding hydrogens is 306 g/mol. The van der Waals surface area contributed by atoms with Crippen LogP contribution in [0.4, 0.5) is 0 Å². The Kier molecular flexibility index (Phi) is 6.53. The Morgan fingerprint density at radius 1 is 1.33 bits per heavy atom. The lowest BCUT2D eigenvalue weighted by molar-refractivity contribution is -0.121. The number of nitrogens with one attached hydrogen (secondary N) is 3. The molecule has 0 aliphatic heterocycles. The van der Waals surface area contributed by atoms with Crippen LogP contribution in [0.5, 0.6) is 0 Å². The standard InChI is InChI=1S/C16H25N7O/c1-4-12(2)20-15(24)8-9-18-16(17-3)19-11-14-22-21-13-7-5-6-10-23(13)14/h5-7,10,12H,4,8-9,11H2,1-3H3,(H,20,24)(H2,17,18,19). The van der Waals surface area contributed by atoms with Gasteiger partial charge in [-0.25, -0.2) is 0 Å². The molecule has 1 amide bonds. The van der Waals surface area contributed by atoms with Crippen LogP contribution in [0.3, 0.4) is 0 Å². The first-order chi connectivity index (χ1) is 11.6. The second kappa shape index (κ2) is 8.85. The third kappa shape index (κ3) is 4.94. The van der Waals surface area contributed by atoms with Gasteiger partial charge in [0.1, 0.15) is 0 Å². The van der Waals surface area contributed by atoms with Crippen molar-refractivity contribution in [2.75, 3.05) is 13.6 Å². The summed E-state index contributed by atoms with van der Waals surface area (Å²) in [5.74, 6) is 1.46. The zero-order valence-electron chi connectivity index (χ0n) is 14.4. The first-order valence-corrected chi connectivity index (χ1v) is 8.16. The molecule has 0 fully saturated rings. The van der Waals surface area contributed by atoms with E-state index >= 15 is 0 Å². The van der Waals surface area contributed by atoms with Crippen LogP contribution >= 0.6 is 0 Å². The van der Waals surface area contributed by atoms with E-state index in [1.807, 2.05) is 42.6 Å². The molecule has 0 aliphatic rings. The van der Waals surface area contributed by atoms with E-state index in [0.717, 1.165) is 17.9 Å². The first-order valence-electron chi connectivity index (χ1n) is 8.16. The minimum Gasteiger partial charge on any atom is -0.356 e. The number of nitrogens with zero attached hydrogens (tertiary/aromatic N) is 4. The molecule has 1 unspecified atom stereocenters. The summed E-state index contributed by atoms with van der Waals surface area (Å²) in [5.41, 5.74) is 0.805. The Labute approximate surface area is 141 Å². The Morgan fingerprint density at radius 3 is 2.92 bits per heavy atom. The average Bonchev–Trinajstić information content (AvgIpc) is 3.01. The molecule has 24 heavy (non-hydrogen) atoms. The van der Waals surface area contributed by atoms with Gasteiger partial charge in [-0.3, -0.25) is 14.2 Å². The van der Waals surface area contributed by atoms with Crippen molar-refractivity contribution in [1.29, 1.82) is 0 Å². The van der Waals surface area contributed by atoms with Crippen molar-refractivity contribution in [2.45, 2.75) is 39.3 Å². The molecule has 0 bridgehead atoms. The Balaban J connectivity index is 1.78. The molecule has 0 saturated carbocycles. The maximum atomic E-state index is 11.7. The quantitative estimate of drug-likeness (QED) is 0.513. The molecule has 2 aromatic heterocycles. The number of amides is 1. The summed E-state index contributed by atoms with van der Waals surface area (Å²) in [4.78, 5) is 15.9. The summed E-state index contributed by atoms with van der Waals surface area (Å²) in [6, 6.07) is 5.96. The van der Waals surface area contributed by atoms with Gasteiger partial charge in [0.05, 0.1) is 6.54 Å². The monoisotopic (exact) mass is 331 g/mol. The topological polar surface area (TPSA) is 95.7 Å². The molecule has 3 N–H and O–H groups in total. The van der Waals surface area contributed by atoms with Crippen LogP contribution in [0.15, 0.2) is 29.4 Å². The van der Waals surface area contributed by atoms with E-state index in [1.54, 1.807) is 7.05 Å². The highest BCUT2D eigenvalue weighted by Gasteiger charge is 2.07. The maximum absolute atomic E-state index is 11.7. The predicted octanol–water partition coefficient (Wildman–Crippen LogP) is 0.699. The minimum absolute atomic E-state index is 0.0377. The molecule has 2 aromatic rings. The Morgan fingerprint density at radius 2 is 2.17 bits per heavy atom. The van der Waals surface area contributed by atoms with Gasteiger partial charge < -0.3 is 16.0 Å². The predicted molar refractivity (Wildman–Crippen MR) is 93.7 cm³/mol. The van der Waals surface area contributed by atoms with Gasteiger partial charge in [-0.1, -0.05) is 13.0 Å². The van der Waals surface area contributed by atoms with Gasteiger partial charge in [-0.15, -0.1) is 10.2 Å². The van der Waals surface area contributed by atoms with Crippen molar-refractivity contribution >= 4 is 17.5 Å². The van der Waals surface area contributed by atoms with E-state index in [4.69, 9.17) is 0 Å². The van der Waals surface area contributed by atoms with Crippen LogP contribution in [-0.2, 0) is 11.3 Å². The van der Waals surface area contributed by atoms with Gasteiger partial charge in [0.2, 0.25) is 5.91 Å². The number of guanidine groups is 1. The van der Waals surface area contributed by atoms with E-state index in [1.165, 1.54) is 0 Å². The number of hydrogen-bond donors (Lipinski definition) is 3. The smallest absolute Gasteiger partial charge is 0.221 e. The molecule has 8 heteroatoms. The van der Waals surface area contributed by atoms with E-state index < -0.39 is 0 Å². The Bertz CT molecular complexity index is 695. The minimum atomic E-state index is 0.0377. The molecule has 130 valence electrons. The van der Waals surface area contributed by atoms with Crippen LogP contribution in [0.25, 0.3) is 5.65 Å². The van der Waals surface area contributed by atoms with Crippen LogP contribution in [-0.4, -0.2) is 46.1 Å². The lowest BCUT2D eigenvalue weighted by atomic mass is 10.2. The molecule has 1 atom stereocenters. The van der Waals surface area contributed by atoms with Crippen LogP contribution in [0, 0.1) is 0 Å². The number of fused-ring (bicyclic) bond motifs is 1. The lowest BCUT2D eigenvalue weighted by Gasteiger charge is -2.13. The molecule has 0 aliphatic carbocycles. The number of aromatic nitrogens is 3. The van der Waals surface area contributed by atoms with Crippen LogP contribution in [0.1, 0.15) is 32.5 Å². The molecule has 0 aromatic carbocycles. The number of rotatable bonds is 7.